The third-order valence-electron chi connectivity index (χ3n) is 11.9. The molecule has 2 fully saturated rings. The highest BCUT2D eigenvalue weighted by Crippen LogP contribution is 2.49. The van der Waals surface area contributed by atoms with Gasteiger partial charge in [0, 0.05) is 68.7 Å². The summed E-state index contributed by atoms with van der Waals surface area (Å²) in [5.41, 5.74) is 9.13. The predicted molar refractivity (Wildman–Crippen MR) is 223 cm³/mol. The molecule has 3 aromatic heterocycles. The van der Waals surface area contributed by atoms with Crippen LogP contribution >= 0.6 is 11.3 Å². The van der Waals surface area contributed by atoms with Gasteiger partial charge in [0.05, 0.1) is 33.6 Å². The molecule has 0 radical (unpaired) electrons. The Bertz CT molecular complexity index is 2390. The van der Waals surface area contributed by atoms with Crippen molar-refractivity contribution in [3.8, 4) is 22.5 Å². The summed E-state index contributed by atoms with van der Waals surface area (Å²) in [5.74, 6) is 0.557. The van der Waals surface area contributed by atoms with Crippen LogP contribution in [0.25, 0.3) is 44.3 Å². The van der Waals surface area contributed by atoms with E-state index in [4.69, 9.17) is 4.98 Å². The highest BCUT2D eigenvalue weighted by molar-refractivity contribution is 7.92. The Kier molecular flexibility index (Phi) is 9.87. The van der Waals surface area contributed by atoms with Crippen molar-refractivity contribution in [2.24, 2.45) is 5.41 Å². The number of sulfone groups is 1. The fourth-order valence-corrected chi connectivity index (χ4v) is 11.6. The molecule has 0 N–H and O–H groups in total. The van der Waals surface area contributed by atoms with Crippen LogP contribution < -0.4 is 4.90 Å². The van der Waals surface area contributed by atoms with E-state index in [2.05, 4.69) is 75.6 Å². The number of anilines is 1. The molecule has 1 aliphatic heterocycles. The fraction of sp³-hybridized carbons (Fsp3) is 0.489. The van der Waals surface area contributed by atoms with Crippen molar-refractivity contribution in [1.82, 2.24) is 9.55 Å². The molecule has 2 saturated carbocycles. The van der Waals surface area contributed by atoms with Crippen molar-refractivity contribution >= 4 is 60.4 Å². The van der Waals surface area contributed by atoms with Crippen LogP contribution in [0.5, 0.6) is 0 Å². The molecule has 4 heterocycles. The van der Waals surface area contributed by atoms with E-state index in [0.717, 1.165) is 76.7 Å². The molecule has 7 nitrogen and oxygen atoms in total. The zero-order chi connectivity index (χ0) is 37.9. The lowest BCUT2D eigenvalue weighted by Gasteiger charge is -2.27. The number of carbonyl (C=O) groups excluding carboxylic acids is 2. The number of ketones is 1. The van der Waals surface area contributed by atoms with Gasteiger partial charge in [0.2, 0.25) is 5.91 Å². The quantitative estimate of drug-likeness (QED) is 0.132. The van der Waals surface area contributed by atoms with E-state index in [1.165, 1.54) is 40.0 Å². The van der Waals surface area contributed by atoms with Gasteiger partial charge in [-0.15, -0.1) is 11.3 Å². The molecule has 284 valence electrons. The number of aromatic nitrogens is 2. The number of hydrogen-bond acceptors (Lipinski definition) is 6. The van der Waals surface area contributed by atoms with Crippen LogP contribution in [0.2, 0.25) is 0 Å². The molecule has 8 rings (SSSR count). The molecule has 2 aromatic carbocycles. The van der Waals surface area contributed by atoms with Crippen LogP contribution in [0.1, 0.15) is 123 Å². The van der Waals surface area contributed by atoms with E-state index >= 15 is 0 Å². The third-order valence-corrected chi connectivity index (χ3v) is 15.2. The summed E-state index contributed by atoms with van der Waals surface area (Å²) in [6.07, 6.45) is 9.16. The molecule has 3 aliphatic rings. The Morgan fingerprint density at radius 1 is 0.870 bits per heavy atom. The molecule has 0 saturated heterocycles. The van der Waals surface area contributed by atoms with Crippen molar-refractivity contribution in [2.75, 3.05) is 17.2 Å². The first-order chi connectivity index (χ1) is 25.8. The van der Waals surface area contributed by atoms with Crippen LogP contribution in [0.3, 0.4) is 0 Å². The number of benzene rings is 2. The number of Topliss-reactive ketones (excluding diaryl/α,β-unsaturated/α-hetero) is 1. The first-order valence-electron chi connectivity index (χ1n) is 20.0. The van der Waals surface area contributed by atoms with Gasteiger partial charge in [-0.1, -0.05) is 52.2 Å². The lowest BCUT2D eigenvalue weighted by Crippen LogP contribution is -2.33. The number of fused-ring (bicyclic) bond motifs is 7. The Hall–Kier alpha value is -3.82. The molecule has 0 atom stereocenters. The number of pyridine rings is 1. The maximum absolute atomic E-state index is 14.4. The lowest BCUT2D eigenvalue weighted by atomic mass is 9.81. The molecule has 5 aromatic rings. The van der Waals surface area contributed by atoms with Gasteiger partial charge in [0.25, 0.3) is 0 Å². The monoisotopic (exact) mass is 763 g/mol. The summed E-state index contributed by atoms with van der Waals surface area (Å²) in [4.78, 5) is 37.8. The number of hydrogen-bond donors (Lipinski definition) is 0. The molecule has 1 amide bonds. The smallest absolute Gasteiger partial charge is 0.227 e. The van der Waals surface area contributed by atoms with Gasteiger partial charge in [-0.25, -0.2) is 13.4 Å². The van der Waals surface area contributed by atoms with E-state index in [0.29, 0.717) is 37.4 Å². The van der Waals surface area contributed by atoms with Gasteiger partial charge in [-0.2, -0.15) is 0 Å². The molecule has 0 bridgehead atoms. The molecule has 0 spiro atoms. The summed E-state index contributed by atoms with van der Waals surface area (Å²) >= 11 is 1.79. The number of carbonyl (C=O) groups is 2. The highest BCUT2D eigenvalue weighted by atomic mass is 32.2. The Morgan fingerprint density at radius 2 is 1.63 bits per heavy atom. The van der Waals surface area contributed by atoms with Crippen LogP contribution in [0, 0.1) is 19.3 Å². The number of nitrogens with zero attached hydrogens (tertiary/aromatic N) is 3. The fourth-order valence-electron chi connectivity index (χ4n) is 8.93. The van der Waals surface area contributed by atoms with Gasteiger partial charge < -0.3 is 9.47 Å². The second-order valence-electron chi connectivity index (χ2n) is 17.2. The van der Waals surface area contributed by atoms with E-state index in [1.807, 2.05) is 17.0 Å². The standard InChI is InChI=1S/C45H53N3O4S2/c1-28-26-36(29(2)53-28)38-19-17-33-37(46-38)20-18-35-43(33)48(41(50)21-22-45(3,4)5)24-23-47-39-27-31(40(49)12-9-25-54(51,52)32-14-15-32)13-16-34(39)42(44(35)47)30-10-7-6-8-11-30/h13,16-20,26-27,30,32H,6-12,14-15,21-25H2,1-5H3. The van der Waals surface area contributed by atoms with E-state index < -0.39 is 9.84 Å². The normalized spacial score (nSPS) is 16.8. The zero-order valence-corrected chi connectivity index (χ0v) is 34.1. The Balaban J connectivity index is 1.27. The Labute approximate surface area is 324 Å². The average Bonchev–Trinajstić information content (AvgIpc) is 3.92. The van der Waals surface area contributed by atoms with Crippen LogP contribution in [0.4, 0.5) is 5.69 Å². The third kappa shape index (κ3) is 7.18. The van der Waals surface area contributed by atoms with Crippen LogP contribution in [-0.2, 0) is 21.2 Å². The number of rotatable bonds is 10. The minimum absolute atomic E-state index is 0.0189. The van der Waals surface area contributed by atoms with Gasteiger partial charge >= 0.3 is 0 Å². The molecular weight excluding hydrogens is 711 g/mol. The van der Waals surface area contributed by atoms with Crippen molar-refractivity contribution in [2.45, 2.75) is 123 Å². The van der Waals surface area contributed by atoms with Crippen molar-refractivity contribution in [3.05, 3.63) is 69.4 Å². The second kappa shape index (κ2) is 14.4. The average molecular weight is 764 g/mol. The molecule has 2 aliphatic carbocycles. The van der Waals surface area contributed by atoms with Gasteiger partial charge in [-0.05, 0) is 106 Å². The zero-order valence-electron chi connectivity index (χ0n) is 32.5. The lowest BCUT2D eigenvalue weighted by molar-refractivity contribution is -0.119. The van der Waals surface area contributed by atoms with Gasteiger partial charge in [-0.3, -0.25) is 9.59 Å². The van der Waals surface area contributed by atoms with Crippen molar-refractivity contribution in [1.29, 1.82) is 0 Å². The summed E-state index contributed by atoms with van der Waals surface area (Å²) in [7, 11) is -3.10. The summed E-state index contributed by atoms with van der Waals surface area (Å²) < 4.78 is 27.4. The minimum Gasteiger partial charge on any atom is -0.338 e. The summed E-state index contributed by atoms with van der Waals surface area (Å²) in [5, 5.41) is 1.96. The van der Waals surface area contributed by atoms with Crippen LogP contribution in [-0.4, -0.2) is 47.2 Å². The maximum atomic E-state index is 14.4. The van der Waals surface area contributed by atoms with Crippen molar-refractivity contribution in [3.63, 3.8) is 0 Å². The number of amides is 1. The maximum Gasteiger partial charge on any atom is 0.227 e. The van der Waals surface area contributed by atoms with Crippen molar-refractivity contribution < 1.29 is 18.0 Å². The largest absolute Gasteiger partial charge is 0.338 e. The SMILES string of the molecule is Cc1cc(-c2ccc3c4c(ccc3n2)-c2c(C3CCCCC3)c3ccc(C(=O)CCCS(=O)(=O)C5CC5)cc3n2CCN4C(=O)CCC(C)(C)C)c(C)s1. The summed E-state index contributed by atoms with van der Waals surface area (Å²) in [6.45, 7) is 12.0. The van der Waals surface area contributed by atoms with E-state index in [9.17, 15) is 18.0 Å². The van der Waals surface area contributed by atoms with E-state index in [-0.39, 0.29) is 34.5 Å². The first kappa shape index (κ1) is 37.1. The van der Waals surface area contributed by atoms with Crippen LogP contribution in [0.15, 0.2) is 48.5 Å². The Morgan fingerprint density at radius 3 is 2.33 bits per heavy atom. The summed E-state index contributed by atoms with van der Waals surface area (Å²) in [6, 6.07) is 17.0. The first-order valence-corrected chi connectivity index (χ1v) is 22.5. The molecule has 0 unspecified atom stereocenters. The second-order valence-corrected chi connectivity index (χ2v) is 21.1. The van der Waals surface area contributed by atoms with Gasteiger partial charge in [0.1, 0.15) is 0 Å². The molecular formula is C45H53N3O4S2. The highest BCUT2D eigenvalue weighted by Gasteiger charge is 2.36. The molecule has 54 heavy (non-hydrogen) atoms. The molecule has 9 heteroatoms. The topological polar surface area (TPSA) is 89.3 Å². The predicted octanol–water partition coefficient (Wildman–Crippen LogP) is 11.0. The van der Waals surface area contributed by atoms with E-state index in [1.54, 1.807) is 11.3 Å². The number of thiophene rings is 1. The number of aryl methyl sites for hydroxylation is 2. The minimum atomic E-state index is -3.10. The van der Waals surface area contributed by atoms with Gasteiger partial charge in [0.15, 0.2) is 15.6 Å².